The molecule has 200 valence electrons. The molecule has 40 heavy (non-hydrogen) atoms. The van der Waals surface area contributed by atoms with Crippen molar-refractivity contribution in [2.24, 2.45) is 0 Å². The summed E-state index contributed by atoms with van der Waals surface area (Å²) in [6.07, 6.45) is 14.6. The Hall–Kier alpha value is -3.42. The Labute approximate surface area is 241 Å². The topological polar surface area (TPSA) is 0 Å². The molecule has 0 nitrogen and oxygen atoms in total. The van der Waals surface area contributed by atoms with Gasteiger partial charge >= 0.3 is 0 Å². The summed E-state index contributed by atoms with van der Waals surface area (Å²) < 4.78 is 0. The molecule has 0 saturated heterocycles. The number of hydrogen-bond acceptors (Lipinski definition) is 0. The van der Waals surface area contributed by atoms with Crippen LogP contribution in [0.25, 0.3) is 34.4 Å². The summed E-state index contributed by atoms with van der Waals surface area (Å²) in [5.74, 6) is 0. The lowest BCUT2D eigenvalue weighted by Gasteiger charge is -2.41. The van der Waals surface area contributed by atoms with Gasteiger partial charge in [-0.05, 0) is 76.7 Å². The van der Waals surface area contributed by atoms with Crippen LogP contribution in [0.1, 0.15) is 65.5 Å². The third-order valence-corrected chi connectivity index (χ3v) is 15.8. The second-order valence-electron chi connectivity index (χ2n) is 12.7. The third-order valence-electron chi connectivity index (χ3n) is 10.3. The zero-order valence-electron chi connectivity index (χ0n) is 24.3. The number of fused-ring (bicyclic) bond motifs is 2. The number of hydrogen-bond donors (Lipinski definition) is 0. The number of allylic oxidation sites excluding steroid dienone is 2. The molecule has 0 amide bonds. The minimum atomic E-state index is -1.92. The average Bonchev–Trinajstić information content (AvgIpc) is 3.63. The highest BCUT2D eigenvalue weighted by Crippen LogP contribution is 2.51. The van der Waals surface area contributed by atoms with E-state index in [1.807, 2.05) is 0 Å². The number of benzene rings is 4. The molecular weight excluding hydrogens is 497 g/mol. The first kappa shape index (κ1) is 25.5. The molecule has 1 saturated carbocycles. The van der Waals surface area contributed by atoms with Gasteiger partial charge in [0, 0.05) is 0 Å². The molecule has 4 aromatic carbocycles. The zero-order valence-corrected chi connectivity index (χ0v) is 25.3. The lowest BCUT2D eigenvalue weighted by atomic mass is 9.97. The molecule has 1 heteroatoms. The van der Waals surface area contributed by atoms with Crippen LogP contribution in [-0.4, -0.2) is 8.07 Å². The summed E-state index contributed by atoms with van der Waals surface area (Å²) in [7, 11) is -1.92. The van der Waals surface area contributed by atoms with Crippen molar-refractivity contribution in [1.29, 1.82) is 0 Å². The smallest absolute Gasteiger partial charge is 0.0709 e. The standard InChI is InChI=1S/C39H40Si/c1-27-15-19-29(20-16-27)36-13-7-9-31-23-34(25-38(31)36)40(3,33-11-5-4-6-12-33)35-24-32-10-8-14-37(39(32)26-35)30-21-17-28(2)18-22-30/h7-10,13-22,25-26,33H,4-6,11-12,23-24H2,1-3H3. The van der Waals surface area contributed by atoms with Crippen molar-refractivity contribution < 1.29 is 0 Å². The predicted molar refractivity (Wildman–Crippen MR) is 175 cm³/mol. The Morgan fingerprint density at radius 3 is 1.45 bits per heavy atom. The van der Waals surface area contributed by atoms with Gasteiger partial charge in [0.15, 0.2) is 0 Å². The summed E-state index contributed by atoms with van der Waals surface area (Å²) in [4.78, 5) is 0. The Bertz CT molecular complexity index is 1510. The van der Waals surface area contributed by atoms with Crippen molar-refractivity contribution >= 4 is 20.2 Å². The van der Waals surface area contributed by atoms with Crippen molar-refractivity contribution in [2.45, 2.75) is 70.9 Å². The van der Waals surface area contributed by atoms with E-state index in [9.17, 15) is 0 Å². The molecular formula is C39H40Si. The summed E-state index contributed by atoms with van der Waals surface area (Å²) in [6.45, 7) is 7.10. The minimum absolute atomic E-state index is 0.841. The monoisotopic (exact) mass is 536 g/mol. The van der Waals surface area contributed by atoms with Crippen LogP contribution in [0.3, 0.4) is 0 Å². The van der Waals surface area contributed by atoms with Gasteiger partial charge in [-0.2, -0.15) is 0 Å². The molecule has 7 rings (SSSR count). The van der Waals surface area contributed by atoms with Crippen LogP contribution in [-0.2, 0) is 12.8 Å². The molecule has 0 aromatic heterocycles. The minimum Gasteiger partial charge on any atom is -0.0709 e. The zero-order chi connectivity index (χ0) is 27.3. The molecule has 0 heterocycles. The Morgan fingerprint density at radius 1 is 0.550 bits per heavy atom. The fraction of sp³-hybridized carbons (Fsp3) is 0.282. The van der Waals surface area contributed by atoms with Gasteiger partial charge in [0.1, 0.15) is 8.07 Å². The highest BCUT2D eigenvalue weighted by molar-refractivity contribution is 6.94. The Balaban J connectivity index is 1.33. The molecule has 0 spiro atoms. The van der Waals surface area contributed by atoms with E-state index in [0.717, 1.165) is 18.4 Å². The van der Waals surface area contributed by atoms with Crippen molar-refractivity contribution in [3.8, 4) is 22.3 Å². The van der Waals surface area contributed by atoms with E-state index in [1.54, 1.807) is 10.4 Å². The molecule has 0 atom stereocenters. The molecule has 4 aromatic rings. The van der Waals surface area contributed by atoms with Gasteiger partial charge in [0.25, 0.3) is 0 Å². The number of aryl methyl sites for hydroxylation is 2. The third kappa shape index (κ3) is 4.36. The molecule has 0 radical (unpaired) electrons. The predicted octanol–water partition coefficient (Wildman–Crippen LogP) is 10.7. The first-order valence-electron chi connectivity index (χ1n) is 15.3. The second kappa shape index (κ2) is 10.2. The maximum absolute atomic E-state index is 2.75. The normalized spacial score (nSPS) is 16.9. The second-order valence-corrected chi connectivity index (χ2v) is 17.2. The van der Waals surface area contributed by atoms with Gasteiger partial charge < -0.3 is 0 Å². The lowest BCUT2D eigenvalue weighted by Crippen LogP contribution is -2.43. The number of rotatable bonds is 5. The van der Waals surface area contributed by atoms with E-state index in [0.29, 0.717) is 0 Å². The first-order valence-corrected chi connectivity index (χ1v) is 17.9. The molecule has 3 aliphatic carbocycles. The highest BCUT2D eigenvalue weighted by atomic mass is 28.3. The summed E-state index contributed by atoms with van der Waals surface area (Å²) in [5, 5.41) is 3.54. The summed E-state index contributed by atoms with van der Waals surface area (Å²) in [6, 6.07) is 32.2. The molecule has 0 bridgehead atoms. The van der Waals surface area contributed by atoms with Crippen LogP contribution in [0.15, 0.2) is 95.3 Å². The van der Waals surface area contributed by atoms with Crippen molar-refractivity contribution in [2.75, 3.05) is 0 Å². The Morgan fingerprint density at radius 2 is 1.00 bits per heavy atom. The van der Waals surface area contributed by atoms with Crippen LogP contribution in [0.2, 0.25) is 12.1 Å². The SMILES string of the molecule is Cc1ccc(-c2cccc3c2C=C([Si](C)(C2=Cc4c(cccc4-c4ccc(C)cc4)C2)C2CCCCC2)C3)cc1. The molecule has 1 fully saturated rings. The van der Waals surface area contributed by atoms with E-state index in [-0.39, 0.29) is 0 Å². The average molecular weight is 537 g/mol. The van der Waals surface area contributed by atoms with E-state index in [1.165, 1.54) is 87.7 Å². The summed E-state index contributed by atoms with van der Waals surface area (Å²) in [5.41, 5.74) is 15.0. The Kier molecular flexibility index (Phi) is 6.51. The molecule has 3 aliphatic rings. The largest absolute Gasteiger partial charge is 0.109 e. The van der Waals surface area contributed by atoms with Gasteiger partial charge in [-0.15, -0.1) is 0 Å². The van der Waals surface area contributed by atoms with Gasteiger partial charge in [0.2, 0.25) is 0 Å². The lowest BCUT2D eigenvalue weighted by molar-refractivity contribution is 0.493. The van der Waals surface area contributed by atoms with E-state index in [2.05, 4.69) is 117 Å². The maximum atomic E-state index is 2.75. The van der Waals surface area contributed by atoms with Gasteiger partial charge in [-0.3, -0.25) is 0 Å². The van der Waals surface area contributed by atoms with Crippen LogP contribution >= 0.6 is 0 Å². The van der Waals surface area contributed by atoms with E-state index in [4.69, 9.17) is 0 Å². The fourth-order valence-corrected chi connectivity index (χ4v) is 12.8. The van der Waals surface area contributed by atoms with Gasteiger partial charge in [0.05, 0.1) is 0 Å². The van der Waals surface area contributed by atoms with E-state index >= 15 is 0 Å². The van der Waals surface area contributed by atoms with Crippen molar-refractivity contribution in [3.05, 3.63) is 129 Å². The quantitative estimate of drug-likeness (QED) is 0.223. The van der Waals surface area contributed by atoms with Crippen molar-refractivity contribution in [1.82, 2.24) is 0 Å². The molecule has 0 N–H and O–H groups in total. The van der Waals surface area contributed by atoms with Crippen LogP contribution in [0.4, 0.5) is 0 Å². The van der Waals surface area contributed by atoms with Crippen molar-refractivity contribution in [3.63, 3.8) is 0 Å². The molecule has 0 aliphatic heterocycles. The van der Waals surface area contributed by atoms with Crippen LogP contribution < -0.4 is 0 Å². The first-order chi connectivity index (χ1) is 19.5. The summed E-state index contributed by atoms with van der Waals surface area (Å²) >= 11 is 0. The maximum Gasteiger partial charge on any atom is 0.109 e. The molecule has 0 unspecified atom stereocenters. The fourth-order valence-electron chi connectivity index (χ4n) is 7.78. The van der Waals surface area contributed by atoms with E-state index < -0.39 is 8.07 Å². The van der Waals surface area contributed by atoms with Crippen LogP contribution in [0.5, 0.6) is 0 Å². The highest BCUT2D eigenvalue weighted by Gasteiger charge is 2.46. The van der Waals surface area contributed by atoms with Gasteiger partial charge in [-0.1, -0.05) is 157 Å². The van der Waals surface area contributed by atoms with Crippen LogP contribution in [0, 0.1) is 13.8 Å². The van der Waals surface area contributed by atoms with Gasteiger partial charge in [-0.25, -0.2) is 0 Å².